The summed E-state index contributed by atoms with van der Waals surface area (Å²) in [5.74, 6) is -0.209. The van der Waals surface area contributed by atoms with E-state index in [4.69, 9.17) is 0 Å². The Morgan fingerprint density at radius 2 is 2.14 bits per heavy atom. The van der Waals surface area contributed by atoms with E-state index in [1.54, 1.807) is 0 Å². The van der Waals surface area contributed by atoms with Crippen molar-refractivity contribution < 1.29 is 9.90 Å². The Bertz CT molecular complexity index is 651. The lowest BCUT2D eigenvalue weighted by atomic mass is 10.0. The molecule has 2 unspecified atom stereocenters. The van der Waals surface area contributed by atoms with Gasteiger partial charge in [-0.1, -0.05) is 30.3 Å². The summed E-state index contributed by atoms with van der Waals surface area (Å²) in [6, 6.07) is 9.44. The van der Waals surface area contributed by atoms with E-state index in [-0.39, 0.29) is 11.9 Å². The average Bonchev–Trinajstić information content (AvgIpc) is 3.10. The van der Waals surface area contributed by atoms with Crippen LogP contribution in [0.1, 0.15) is 40.7 Å². The van der Waals surface area contributed by atoms with Crippen LogP contribution in [0.2, 0.25) is 0 Å². The maximum Gasteiger partial charge on any atom is 0.272 e. The summed E-state index contributed by atoms with van der Waals surface area (Å²) < 4.78 is 0. The molecule has 0 aliphatic heterocycles. The number of aromatic amines is 1. The fourth-order valence-corrected chi connectivity index (χ4v) is 2.91. The van der Waals surface area contributed by atoms with Crippen molar-refractivity contribution in [3.8, 4) is 0 Å². The van der Waals surface area contributed by atoms with Crippen LogP contribution in [0.15, 0.2) is 30.3 Å². The molecule has 1 aliphatic rings. The summed E-state index contributed by atoms with van der Waals surface area (Å²) in [5, 5.41) is 20.2. The number of rotatable bonds is 5. The minimum absolute atomic E-state index is 0.209. The maximum absolute atomic E-state index is 12.3. The molecule has 0 saturated carbocycles. The lowest BCUT2D eigenvalue weighted by Gasteiger charge is -2.20. The van der Waals surface area contributed by atoms with Gasteiger partial charge in [-0.05, 0) is 31.7 Å². The zero-order chi connectivity index (χ0) is 15.5. The van der Waals surface area contributed by atoms with Crippen molar-refractivity contribution in [1.82, 2.24) is 15.5 Å². The van der Waals surface area contributed by atoms with Crippen LogP contribution in [0.3, 0.4) is 0 Å². The zero-order valence-electron chi connectivity index (χ0n) is 12.7. The molecule has 0 radical (unpaired) electrons. The molecule has 2 atom stereocenters. The van der Waals surface area contributed by atoms with E-state index in [0.29, 0.717) is 12.1 Å². The second kappa shape index (κ2) is 6.32. The molecule has 22 heavy (non-hydrogen) atoms. The summed E-state index contributed by atoms with van der Waals surface area (Å²) in [6.45, 7) is 1.82. The van der Waals surface area contributed by atoms with E-state index < -0.39 is 6.10 Å². The second-order valence-electron chi connectivity index (χ2n) is 5.90. The number of benzene rings is 1. The molecule has 1 aliphatic carbocycles. The van der Waals surface area contributed by atoms with E-state index in [0.717, 1.165) is 36.1 Å². The van der Waals surface area contributed by atoms with Gasteiger partial charge >= 0.3 is 0 Å². The van der Waals surface area contributed by atoms with Crippen LogP contribution in [0, 0.1) is 0 Å². The quantitative estimate of drug-likeness (QED) is 0.785. The number of aromatic nitrogens is 2. The highest BCUT2D eigenvalue weighted by molar-refractivity contribution is 5.94. The van der Waals surface area contributed by atoms with Crippen molar-refractivity contribution in [1.29, 1.82) is 0 Å². The Balaban J connectivity index is 1.61. The number of fused-ring (bicyclic) bond motifs is 1. The molecule has 3 N–H and O–H groups in total. The van der Waals surface area contributed by atoms with Crippen molar-refractivity contribution in [3.05, 3.63) is 52.8 Å². The van der Waals surface area contributed by atoms with Crippen LogP contribution in [-0.4, -0.2) is 33.4 Å². The van der Waals surface area contributed by atoms with Gasteiger partial charge < -0.3 is 10.4 Å². The van der Waals surface area contributed by atoms with Crippen LogP contribution >= 0.6 is 0 Å². The summed E-state index contributed by atoms with van der Waals surface area (Å²) in [6.07, 6.45) is 2.81. The third-order valence-corrected chi connectivity index (χ3v) is 4.25. The molecule has 0 saturated heterocycles. The third kappa shape index (κ3) is 3.04. The molecule has 3 rings (SSSR count). The minimum atomic E-state index is -0.627. The van der Waals surface area contributed by atoms with Gasteiger partial charge in [-0.2, -0.15) is 5.10 Å². The van der Waals surface area contributed by atoms with Gasteiger partial charge in [-0.25, -0.2) is 0 Å². The molecular formula is C17H21N3O2. The van der Waals surface area contributed by atoms with E-state index >= 15 is 0 Å². The Morgan fingerprint density at radius 3 is 2.91 bits per heavy atom. The van der Waals surface area contributed by atoms with Gasteiger partial charge in [0.15, 0.2) is 5.69 Å². The molecule has 0 bridgehead atoms. The normalized spacial score (nSPS) is 16.1. The predicted octanol–water partition coefficient (Wildman–Crippen LogP) is 1.62. The molecule has 5 nitrogen and oxygen atoms in total. The molecule has 1 amide bonds. The van der Waals surface area contributed by atoms with Gasteiger partial charge in [0.25, 0.3) is 5.91 Å². The van der Waals surface area contributed by atoms with Gasteiger partial charge in [0.2, 0.25) is 0 Å². The van der Waals surface area contributed by atoms with Crippen molar-refractivity contribution in [2.75, 3.05) is 0 Å². The number of nitrogens with one attached hydrogen (secondary N) is 2. The number of aliphatic hydroxyl groups excluding tert-OH is 1. The molecule has 1 heterocycles. The predicted molar refractivity (Wildman–Crippen MR) is 83.7 cm³/mol. The van der Waals surface area contributed by atoms with Gasteiger partial charge in [0.1, 0.15) is 0 Å². The van der Waals surface area contributed by atoms with Crippen molar-refractivity contribution in [2.45, 2.75) is 44.8 Å². The number of hydrogen-bond acceptors (Lipinski definition) is 3. The minimum Gasteiger partial charge on any atom is -0.391 e. The van der Waals surface area contributed by atoms with Crippen LogP contribution in [0.5, 0.6) is 0 Å². The summed E-state index contributed by atoms with van der Waals surface area (Å²) >= 11 is 0. The highest BCUT2D eigenvalue weighted by Crippen LogP contribution is 2.22. The molecule has 1 aromatic carbocycles. The van der Waals surface area contributed by atoms with Gasteiger partial charge in [-0.3, -0.25) is 9.89 Å². The number of aliphatic hydroxyl groups is 1. The Hall–Kier alpha value is -2.14. The number of aryl methyl sites for hydroxylation is 1. The van der Waals surface area contributed by atoms with Crippen LogP contribution in [0.25, 0.3) is 0 Å². The van der Waals surface area contributed by atoms with Crippen LogP contribution < -0.4 is 5.32 Å². The number of carbonyl (C=O) groups excluding carboxylic acids is 1. The molecule has 5 heteroatoms. The first-order chi connectivity index (χ1) is 10.6. The molecular weight excluding hydrogens is 278 g/mol. The zero-order valence-corrected chi connectivity index (χ0v) is 12.7. The van der Waals surface area contributed by atoms with E-state index in [9.17, 15) is 9.90 Å². The highest BCUT2D eigenvalue weighted by atomic mass is 16.3. The SMILES string of the molecule is CC(NC(=O)c1n[nH]c2c1CCC2)C(O)Cc1ccccc1. The molecule has 0 fully saturated rings. The number of hydrogen-bond donors (Lipinski definition) is 3. The smallest absolute Gasteiger partial charge is 0.272 e. The first-order valence-corrected chi connectivity index (χ1v) is 7.74. The summed E-state index contributed by atoms with van der Waals surface area (Å²) in [5.41, 5.74) is 3.63. The Morgan fingerprint density at radius 1 is 1.36 bits per heavy atom. The summed E-state index contributed by atoms with van der Waals surface area (Å²) in [4.78, 5) is 12.3. The van der Waals surface area contributed by atoms with Crippen molar-refractivity contribution in [2.24, 2.45) is 0 Å². The van der Waals surface area contributed by atoms with E-state index in [1.165, 1.54) is 0 Å². The fraction of sp³-hybridized carbons (Fsp3) is 0.412. The first kappa shape index (κ1) is 14.8. The largest absolute Gasteiger partial charge is 0.391 e. The van der Waals surface area contributed by atoms with E-state index in [1.807, 2.05) is 37.3 Å². The second-order valence-corrected chi connectivity index (χ2v) is 5.90. The molecule has 2 aromatic rings. The number of H-pyrrole nitrogens is 1. The monoisotopic (exact) mass is 299 g/mol. The lowest BCUT2D eigenvalue weighted by Crippen LogP contribution is -2.42. The lowest BCUT2D eigenvalue weighted by molar-refractivity contribution is 0.0846. The Kier molecular flexibility index (Phi) is 4.24. The van der Waals surface area contributed by atoms with Crippen molar-refractivity contribution >= 4 is 5.91 Å². The average molecular weight is 299 g/mol. The summed E-state index contributed by atoms with van der Waals surface area (Å²) in [7, 11) is 0. The van der Waals surface area contributed by atoms with Crippen LogP contribution in [-0.2, 0) is 19.3 Å². The first-order valence-electron chi connectivity index (χ1n) is 7.74. The van der Waals surface area contributed by atoms with Gasteiger partial charge in [-0.15, -0.1) is 0 Å². The van der Waals surface area contributed by atoms with Crippen LogP contribution in [0.4, 0.5) is 0 Å². The van der Waals surface area contributed by atoms with Gasteiger partial charge in [0.05, 0.1) is 12.1 Å². The van der Waals surface area contributed by atoms with E-state index in [2.05, 4.69) is 15.5 Å². The third-order valence-electron chi connectivity index (χ3n) is 4.25. The topological polar surface area (TPSA) is 78.0 Å². The number of nitrogens with zero attached hydrogens (tertiary/aromatic N) is 1. The van der Waals surface area contributed by atoms with Gasteiger partial charge in [0, 0.05) is 17.7 Å². The number of amides is 1. The fourth-order valence-electron chi connectivity index (χ4n) is 2.91. The standard InChI is InChI=1S/C17H21N3O2/c1-11(15(21)10-12-6-3-2-4-7-12)18-17(22)16-13-8-5-9-14(13)19-20-16/h2-4,6-7,11,15,21H,5,8-10H2,1H3,(H,18,22)(H,19,20). The Labute approximate surface area is 129 Å². The maximum atomic E-state index is 12.3. The number of carbonyl (C=O) groups is 1. The van der Waals surface area contributed by atoms with Crippen molar-refractivity contribution in [3.63, 3.8) is 0 Å². The molecule has 1 aromatic heterocycles. The molecule has 116 valence electrons. The molecule has 0 spiro atoms. The highest BCUT2D eigenvalue weighted by Gasteiger charge is 2.25.